The molecule has 2 bridgehead atoms. The molecule has 2 aliphatic rings. The van der Waals surface area contributed by atoms with Crippen molar-refractivity contribution >= 4 is 17.9 Å². The SMILES string of the molecule is C/C=C/c1ccc2n(c1=O)C[C@@H]1[C@@H](CO)[C@H](C(=O)NCC(F)(F)F)[C@H]2N1C(C)=O. The molecule has 1 fully saturated rings. The average molecular weight is 413 g/mol. The predicted octanol–water partition coefficient (Wildman–Crippen LogP) is 1.07. The van der Waals surface area contributed by atoms with Gasteiger partial charge in [0.25, 0.3) is 5.56 Å². The monoisotopic (exact) mass is 413 g/mol. The van der Waals surface area contributed by atoms with Gasteiger partial charge < -0.3 is 19.9 Å². The third-order valence-electron chi connectivity index (χ3n) is 5.55. The van der Waals surface area contributed by atoms with E-state index in [-0.39, 0.29) is 18.0 Å². The number of rotatable bonds is 4. The van der Waals surface area contributed by atoms with Gasteiger partial charge in [0.2, 0.25) is 11.8 Å². The molecule has 7 nitrogen and oxygen atoms in total. The van der Waals surface area contributed by atoms with Gasteiger partial charge in [0.15, 0.2) is 0 Å². The third-order valence-corrected chi connectivity index (χ3v) is 5.55. The van der Waals surface area contributed by atoms with Crippen LogP contribution in [0.1, 0.15) is 31.1 Å². The Morgan fingerprint density at radius 2 is 2.03 bits per heavy atom. The van der Waals surface area contributed by atoms with Crippen molar-refractivity contribution < 1.29 is 27.9 Å². The first-order valence-corrected chi connectivity index (χ1v) is 9.21. The van der Waals surface area contributed by atoms with Crippen LogP contribution < -0.4 is 10.9 Å². The number of nitrogens with zero attached hydrogens (tertiary/aromatic N) is 2. The molecule has 158 valence electrons. The van der Waals surface area contributed by atoms with Gasteiger partial charge in [0.1, 0.15) is 6.54 Å². The van der Waals surface area contributed by atoms with E-state index in [9.17, 15) is 32.7 Å². The van der Waals surface area contributed by atoms with Gasteiger partial charge in [-0.3, -0.25) is 14.4 Å². The van der Waals surface area contributed by atoms with E-state index in [4.69, 9.17) is 0 Å². The second-order valence-electron chi connectivity index (χ2n) is 7.27. The van der Waals surface area contributed by atoms with Crippen molar-refractivity contribution in [2.45, 2.75) is 38.7 Å². The number of aromatic nitrogens is 1. The second-order valence-corrected chi connectivity index (χ2v) is 7.27. The van der Waals surface area contributed by atoms with Crippen LogP contribution in [0.15, 0.2) is 23.0 Å². The van der Waals surface area contributed by atoms with Gasteiger partial charge in [0, 0.05) is 37.3 Å². The predicted molar refractivity (Wildman–Crippen MR) is 97.6 cm³/mol. The van der Waals surface area contributed by atoms with E-state index in [0.717, 1.165) is 0 Å². The normalized spacial score (nSPS) is 25.9. The summed E-state index contributed by atoms with van der Waals surface area (Å²) in [5.74, 6) is -3.17. The number of aliphatic hydroxyl groups excluding tert-OH is 1. The number of allylic oxidation sites excluding steroid dienone is 1. The number of carbonyl (C=O) groups is 2. The van der Waals surface area contributed by atoms with Gasteiger partial charge in [-0.05, 0) is 19.1 Å². The van der Waals surface area contributed by atoms with Crippen LogP contribution in [0.5, 0.6) is 0 Å². The molecule has 3 heterocycles. The van der Waals surface area contributed by atoms with Gasteiger partial charge >= 0.3 is 6.18 Å². The van der Waals surface area contributed by atoms with Gasteiger partial charge in [-0.25, -0.2) is 0 Å². The quantitative estimate of drug-likeness (QED) is 0.773. The molecule has 0 aliphatic carbocycles. The van der Waals surface area contributed by atoms with Crippen molar-refractivity contribution in [3.8, 4) is 0 Å². The zero-order valence-corrected chi connectivity index (χ0v) is 15.9. The summed E-state index contributed by atoms with van der Waals surface area (Å²) < 4.78 is 39.2. The van der Waals surface area contributed by atoms with Crippen molar-refractivity contribution in [3.05, 3.63) is 39.8 Å². The summed E-state index contributed by atoms with van der Waals surface area (Å²) in [7, 11) is 0. The van der Waals surface area contributed by atoms with E-state index in [1.165, 1.54) is 16.4 Å². The number of fused-ring (bicyclic) bond motifs is 4. The highest BCUT2D eigenvalue weighted by atomic mass is 19.4. The molecule has 2 N–H and O–H groups in total. The molecule has 0 spiro atoms. The number of amides is 2. The summed E-state index contributed by atoms with van der Waals surface area (Å²) in [5.41, 5.74) is 0.482. The fraction of sp³-hybridized carbons (Fsp3) is 0.526. The number of pyridine rings is 1. The molecule has 0 aromatic carbocycles. The van der Waals surface area contributed by atoms with Crippen molar-refractivity contribution in [2.24, 2.45) is 11.8 Å². The molecule has 0 radical (unpaired) electrons. The van der Waals surface area contributed by atoms with Gasteiger partial charge in [-0.1, -0.05) is 12.2 Å². The third kappa shape index (κ3) is 3.68. The molecule has 1 aromatic heterocycles. The van der Waals surface area contributed by atoms with E-state index in [0.29, 0.717) is 11.3 Å². The standard InChI is InChI=1S/C19H22F3N3O4/c1-3-4-11-5-6-13-16-15(17(28)23-9-19(20,21)22)12(8-26)14(25(16)10(2)27)7-24(13)18(11)29/h3-6,12,14-16,26H,7-9H2,1-2H3,(H,23,28)/b4-3+/t12-,14-,15+,16+/m1/s1. The van der Waals surface area contributed by atoms with E-state index in [2.05, 4.69) is 0 Å². The molecule has 4 atom stereocenters. The van der Waals surface area contributed by atoms with Crippen LogP contribution in [-0.4, -0.2) is 51.8 Å². The number of hydrogen-bond acceptors (Lipinski definition) is 4. The maximum Gasteiger partial charge on any atom is 0.405 e. The first-order valence-electron chi connectivity index (χ1n) is 9.21. The first kappa shape index (κ1) is 21.1. The van der Waals surface area contributed by atoms with Gasteiger partial charge in [-0.15, -0.1) is 0 Å². The van der Waals surface area contributed by atoms with Crippen molar-refractivity contribution in [1.29, 1.82) is 0 Å². The lowest BCUT2D eigenvalue weighted by Gasteiger charge is -2.37. The molecule has 0 unspecified atom stereocenters. The van der Waals surface area contributed by atoms with Crippen LogP contribution in [0.3, 0.4) is 0 Å². The molecule has 0 saturated carbocycles. The lowest BCUT2D eigenvalue weighted by atomic mass is 9.86. The van der Waals surface area contributed by atoms with Crippen LogP contribution in [0, 0.1) is 11.8 Å². The summed E-state index contributed by atoms with van der Waals surface area (Å²) in [6.45, 7) is 1.11. The number of hydrogen-bond donors (Lipinski definition) is 2. The highest BCUT2D eigenvalue weighted by molar-refractivity contribution is 5.83. The smallest absolute Gasteiger partial charge is 0.396 e. The van der Waals surface area contributed by atoms with Crippen molar-refractivity contribution in [3.63, 3.8) is 0 Å². The Hall–Kier alpha value is -2.62. The lowest BCUT2D eigenvalue weighted by molar-refractivity contribution is -0.143. The Balaban J connectivity index is 2.09. The molecule has 2 amide bonds. The zero-order chi connectivity index (χ0) is 21.5. The summed E-state index contributed by atoms with van der Waals surface area (Å²) >= 11 is 0. The maximum absolute atomic E-state index is 12.8. The van der Waals surface area contributed by atoms with Gasteiger partial charge in [-0.2, -0.15) is 13.2 Å². The minimum absolute atomic E-state index is 0.0594. The minimum atomic E-state index is -4.59. The zero-order valence-electron chi connectivity index (χ0n) is 15.9. The van der Waals surface area contributed by atoms with Crippen LogP contribution in [-0.2, 0) is 16.1 Å². The summed E-state index contributed by atoms with van der Waals surface area (Å²) in [6.07, 6.45) is -1.26. The summed E-state index contributed by atoms with van der Waals surface area (Å²) in [4.78, 5) is 39.2. The largest absolute Gasteiger partial charge is 0.405 e. The Morgan fingerprint density at radius 3 is 2.59 bits per heavy atom. The van der Waals surface area contributed by atoms with Crippen LogP contribution in [0.25, 0.3) is 6.08 Å². The number of alkyl halides is 3. The molecule has 29 heavy (non-hydrogen) atoms. The van der Waals surface area contributed by atoms with Crippen molar-refractivity contribution in [1.82, 2.24) is 14.8 Å². The lowest BCUT2D eigenvalue weighted by Crippen LogP contribution is -2.48. The number of carbonyl (C=O) groups excluding carboxylic acids is 2. The second kappa shape index (κ2) is 7.66. The highest BCUT2D eigenvalue weighted by Gasteiger charge is 2.57. The van der Waals surface area contributed by atoms with Crippen LogP contribution in [0.2, 0.25) is 0 Å². The minimum Gasteiger partial charge on any atom is -0.396 e. The average Bonchev–Trinajstić information content (AvgIpc) is 2.89. The topological polar surface area (TPSA) is 91.6 Å². The van der Waals surface area contributed by atoms with Crippen LogP contribution in [0.4, 0.5) is 13.2 Å². The van der Waals surface area contributed by atoms with Crippen molar-refractivity contribution in [2.75, 3.05) is 13.2 Å². The fourth-order valence-electron chi connectivity index (χ4n) is 4.47. The van der Waals surface area contributed by atoms with E-state index >= 15 is 0 Å². The van der Waals surface area contributed by atoms with Crippen LogP contribution >= 0.6 is 0 Å². The fourth-order valence-corrected chi connectivity index (χ4v) is 4.47. The molecule has 10 heteroatoms. The van der Waals surface area contributed by atoms with E-state index in [1.54, 1.807) is 31.2 Å². The maximum atomic E-state index is 12.8. The number of nitrogens with one attached hydrogen (secondary N) is 1. The molecule has 3 rings (SSSR count). The molecular weight excluding hydrogens is 391 g/mol. The summed E-state index contributed by atoms with van der Waals surface area (Å²) in [5, 5.41) is 11.8. The van der Waals surface area contributed by atoms with E-state index < -0.39 is 49.2 Å². The Labute approximate surface area is 164 Å². The Morgan fingerprint density at radius 1 is 1.34 bits per heavy atom. The first-order chi connectivity index (χ1) is 13.6. The summed E-state index contributed by atoms with van der Waals surface area (Å²) in [6, 6.07) is 1.57. The molecule has 2 aliphatic heterocycles. The Bertz CT molecular complexity index is 909. The highest BCUT2D eigenvalue weighted by Crippen LogP contribution is 2.48. The number of aliphatic hydroxyl groups is 1. The Kier molecular flexibility index (Phi) is 5.57. The molecule has 1 aromatic rings. The molecular formula is C19H22F3N3O4. The van der Waals surface area contributed by atoms with Gasteiger partial charge in [0.05, 0.1) is 18.0 Å². The molecule has 1 saturated heterocycles. The number of halogens is 3. The van der Waals surface area contributed by atoms with E-state index in [1.807, 2.05) is 5.32 Å².